The van der Waals surface area contributed by atoms with Gasteiger partial charge in [-0.2, -0.15) is 5.26 Å². The van der Waals surface area contributed by atoms with E-state index in [1.54, 1.807) is 36.8 Å². The summed E-state index contributed by atoms with van der Waals surface area (Å²) in [5.41, 5.74) is 1.40. The fourth-order valence-electron chi connectivity index (χ4n) is 4.65. The normalized spacial score (nSPS) is 17.2. The highest BCUT2D eigenvalue weighted by Crippen LogP contribution is 2.36. The summed E-state index contributed by atoms with van der Waals surface area (Å²) >= 11 is 6.62. The number of piperazine rings is 1. The van der Waals surface area contributed by atoms with Crippen molar-refractivity contribution in [1.29, 1.82) is 5.26 Å². The van der Waals surface area contributed by atoms with Crippen molar-refractivity contribution < 1.29 is 13.9 Å². The Morgan fingerprint density at radius 2 is 1.86 bits per heavy atom. The molecule has 2 aromatic rings. The molecule has 2 saturated heterocycles. The number of methoxy groups -OCH3 is 1. The van der Waals surface area contributed by atoms with Gasteiger partial charge in [-0.3, -0.25) is 19.1 Å². The average molecular weight is 542 g/mol. The molecule has 1 amide bonds. The van der Waals surface area contributed by atoms with E-state index in [-0.39, 0.29) is 22.8 Å². The van der Waals surface area contributed by atoms with E-state index >= 15 is 0 Å². The van der Waals surface area contributed by atoms with Crippen molar-refractivity contribution in [3.05, 3.63) is 62.0 Å². The zero-order chi connectivity index (χ0) is 26.7. The molecule has 0 aliphatic carbocycles. The van der Waals surface area contributed by atoms with Crippen LogP contribution in [0.15, 0.2) is 34.0 Å². The highest BCUT2D eigenvalue weighted by Gasteiger charge is 2.33. The lowest BCUT2D eigenvalue weighted by Crippen LogP contribution is -2.49. The number of carbonyl (C=O) groups excluding carboxylic acids is 1. The molecule has 0 saturated carbocycles. The molecule has 0 unspecified atom stereocenters. The summed E-state index contributed by atoms with van der Waals surface area (Å²) < 4.78 is 21.5. The van der Waals surface area contributed by atoms with Gasteiger partial charge in [0.1, 0.15) is 27.6 Å². The van der Waals surface area contributed by atoms with Crippen LogP contribution in [0.2, 0.25) is 0 Å². The van der Waals surface area contributed by atoms with Gasteiger partial charge in [0.2, 0.25) is 0 Å². The third-order valence-electron chi connectivity index (χ3n) is 6.60. The van der Waals surface area contributed by atoms with E-state index < -0.39 is 0 Å². The van der Waals surface area contributed by atoms with E-state index in [0.29, 0.717) is 77.7 Å². The molecule has 0 bridgehead atoms. The molecule has 37 heavy (non-hydrogen) atoms. The first-order valence-corrected chi connectivity index (χ1v) is 13.2. The number of halogens is 1. The van der Waals surface area contributed by atoms with Gasteiger partial charge in [-0.1, -0.05) is 36.1 Å². The van der Waals surface area contributed by atoms with Crippen LogP contribution in [0.3, 0.4) is 0 Å². The van der Waals surface area contributed by atoms with Crippen LogP contribution in [0.1, 0.15) is 23.6 Å². The van der Waals surface area contributed by atoms with Gasteiger partial charge in [0, 0.05) is 45.4 Å². The Morgan fingerprint density at radius 1 is 1.19 bits per heavy atom. The van der Waals surface area contributed by atoms with E-state index in [0.717, 1.165) is 0 Å². The van der Waals surface area contributed by atoms with Crippen LogP contribution in [-0.4, -0.2) is 66.1 Å². The number of para-hydroxylation sites is 1. The smallest absolute Gasteiger partial charge is 0.270 e. The van der Waals surface area contributed by atoms with Crippen LogP contribution in [-0.2, 0) is 16.1 Å². The summed E-state index contributed by atoms with van der Waals surface area (Å²) in [6.45, 7) is 6.82. The molecule has 0 spiro atoms. The molecular formula is C26H28FN5O3S2. The number of carbonyl (C=O) groups is 1. The molecule has 3 heterocycles. The van der Waals surface area contributed by atoms with Gasteiger partial charge in [0.05, 0.1) is 23.7 Å². The predicted molar refractivity (Wildman–Crippen MR) is 148 cm³/mol. The lowest BCUT2D eigenvalue weighted by Gasteiger charge is -2.39. The molecule has 0 atom stereocenters. The largest absolute Gasteiger partial charge is 0.383 e. The summed E-state index contributed by atoms with van der Waals surface area (Å²) in [5, 5.41) is 9.77. The molecule has 0 radical (unpaired) electrons. The van der Waals surface area contributed by atoms with Crippen molar-refractivity contribution in [2.24, 2.45) is 0 Å². The summed E-state index contributed by atoms with van der Waals surface area (Å²) in [7, 11) is 1.56. The number of thioether (sulfide) groups is 1. The van der Waals surface area contributed by atoms with Crippen molar-refractivity contribution in [1.82, 2.24) is 9.47 Å². The predicted octanol–water partition coefficient (Wildman–Crippen LogP) is 3.36. The Morgan fingerprint density at radius 3 is 2.49 bits per heavy atom. The van der Waals surface area contributed by atoms with Crippen LogP contribution in [0, 0.1) is 24.1 Å². The molecule has 0 N–H and O–H groups in total. The van der Waals surface area contributed by atoms with Crippen LogP contribution >= 0.6 is 24.0 Å². The van der Waals surface area contributed by atoms with E-state index in [1.807, 2.05) is 24.0 Å². The molecule has 11 heteroatoms. The minimum atomic E-state index is -0.362. The van der Waals surface area contributed by atoms with E-state index in [9.17, 15) is 19.2 Å². The number of benzene rings is 1. The Bertz CT molecular complexity index is 1360. The SMILES string of the molecule is CCn1c(N2CCN(c3ccccc3F)CC2)c(/C=C2\SC(=S)N(CCOC)C2=O)c(C)c(C#N)c1=O. The van der Waals surface area contributed by atoms with Crippen molar-refractivity contribution in [3.8, 4) is 6.07 Å². The third-order valence-corrected chi connectivity index (χ3v) is 7.98. The first kappa shape index (κ1) is 26.9. The fourth-order valence-corrected chi connectivity index (χ4v) is 5.94. The van der Waals surface area contributed by atoms with Crippen LogP contribution in [0.5, 0.6) is 0 Å². The summed E-state index contributed by atoms with van der Waals surface area (Å²) in [6.07, 6.45) is 1.74. The Hall–Kier alpha value is -3.20. The van der Waals surface area contributed by atoms with Crippen LogP contribution in [0.4, 0.5) is 15.9 Å². The minimum absolute atomic E-state index is 0.0525. The molecule has 194 valence electrons. The number of hydrogen-bond donors (Lipinski definition) is 0. The van der Waals surface area contributed by atoms with Crippen molar-refractivity contribution in [2.75, 3.05) is 56.2 Å². The number of anilines is 2. The van der Waals surface area contributed by atoms with Gasteiger partial charge in [-0.25, -0.2) is 4.39 Å². The van der Waals surface area contributed by atoms with Crippen molar-refractivity contribution in [2.45, 2.75) is 20.4 Å². The molecule has 1 aromatic heterocycles. The second-order valence-electron chi connectivity index (χ2n) is 8.65. The quantitative estimate of drug-likeness (QED) is 0.390. The van der Waals surface area contributed by atoms with Crippen molar-refractivity contribution >= 4 is 51.8 Å². The van der Waals surface area contributed by atoms with Gasteiger partial charge >= 0.3 is 0 Å². The second-order valence-corrected chi connectivity index (χ2v) is 10.3. The molecule has 2 aliphatic rings. The molecular weight excluding hydrogens is 513 g/mol. The topological polar surface area (TPSA) is 81.8 Å². The van der Waals surface area contributed by atoms with E-state index in [2.05, 4.69) is 4.90 Å². The Kier molecular flexibility index (Phi) is 8.32. The lowest BCUT2D eigenvalue weighted by molar-refractivity contribution is -0.122. The van der Waals surface area contributed by atoms with Gasteiger partial charge in [-0.05, 0) is 37.6 Å². The van der Waals surface area contributed by atoms with Gasteiger partial charge in [0.15, 0.2) is 0 Å². The van der Waals surface area contributed by atoms with E-state index in [1.165, 1.54) is 22.7 Å². The molecule has 4 rings (SSSR count). The number of hydrogen-bond acceptors (Lipinski definition) is 8. The van der Waals surface area contributed by atoms with Crippen LogP contribution < -0.4 is 15.4 Å². The fraction of sp³-hybridized carbons (Fsp3) is 0.385. The molecule has 1 aromatic carbocycles. The number of aromatic nitrogens is 1. The Balaban J connectivity index is 1.75. The van der Waals surface area contributed by atoms with E-state index in [4.69, 9.17) is 17.0 Å². The second kappa shape index (κ2) is 11.5. The number of nitrogens with zero attached hydrogens (tertiary/aromatic N) is 5. The maximum atomic E-state index is 14.4. The first-order valence-electron chi connectivity index (χ1n) is 12.0. The molecule has 8 nitrogen and oxygen atoms in total. The summed E-state index contributed by atoms with van der Waals surface area (Å²) in [6, 6.07) is 8.73. The highest BCUT2D eigenvalue weighted by atomic mass is 32.2. The Labute approximate surface area is 224 Å². The lowest BCUT2D eigenvalue weighted by atomic mass is 10.0. The number of pyridine rings is 1. The maximum absolute atomic E-state index is 14.4. The van der Waals surface area contributed by atoms with Crippen molar-refractivity contribution in [3.63, 3.8) is 0 Å². The summed E-state index contributed by atoms with van der Waals surface area (Å²) in [4.78, 5) is 32.4. The maximum Gasteiger partial charge on any atom is 0.270 e. The number of amides is 1. The number of thiocarbonyl (C=S) groups is 1. The zero-order valence-corrected chi connectivity index (χ0v) is 22.6. The summed E-state index contributed by atoms with van der Waals surface area (Å²) in [5.74, 6) is 0.153. The minimum Gasteiger partial charge on any atom is -0.383 e. The number of rotatable bonds is 7. The first-order chi connectivity index (χ1) is 17.8. The van der Waals surface area contributed by atoms with Gasteiger partial charge in [-0.15, -0.1) is 0 Å². The molecule has 2 aliphatic heterocycles. The zero-order valence-electron chi connectivity index (χ0n) is 21.0. The monoisotopic (exact) mass is 541 g/mol. The standard InChI is InChI=1S/C26H28FN5O3S2/c1-4-31-23(30-11-9-29(10-12-30)21-8-6-5-7-20(21)27)18(17(2)19(16-28)24(31)33)15-22-25(34)32(13-14-35-3)26(36)37-22/h5-8,15H,4,9-14H2,1-3H3/b22-15-. The number of ether oxygens (including phenoxy) is 1. The average Bonchev–Trinajstić information content (AvgIpc) is 3.16. The van der Waals surface area contributed by atoms with Gasteiger partial charge < -0.3 is 14.5 Å². The molecule has 2 fully saturated rings. The highest BCUT2D eigenvalue weighted by molar-refractivity contribution is 8.26. The third kappa shape index (κ3) is 5.14. The van der Waals surface area contributed by atoms with Gasteiger partial charge in [0.25, 0.3) is 11.5 Å². The van der Waals surface area contributed by atoms with Crippen LogP contribution in [0.25, 0.3) is 6.08 Å². The number of nitriles is 1.